The second kappa shape index (κ2) is 9.06. The Balaban J connectivity index is 1.99. The Labute approximate surface area is 184 Å². The summed E-state index contributed by atoms with van der Waals surface area (Å²) in [6.07, 6.45) is 0.201. The molecule has 1 aliphatic heterocycles. The van der Waals surface area contributed by atoms with Crippen molar-refractivity contribution in [3.05, 3.63) is 58.4 Å². The Hall–Kier alpha value is -1.93. The monoisotopic (exact) mass is 450 g/mol. The van der Waals surface area contributed by atoms with Crippen molar-refractivity contribution >= 4 is 40.7 Å². The summed E-state index contributed by atoms with van der Waals surface area (Å²) in [5, 5.41) is 10.5. The normalized spacial score (nSPS) is 16.9. The number of nitrogens with two attached hydrogens (primary N) is 1. The van der Waals surface area contributed by atoms with E-state index in [1.54, 1.807) is 38.1 Å². The second-order valence-corrected chi connectivity index (χ2v) is 9.50. The molecule has 1 heterocycles. The predicted molar refractivity (Wildman–Crippen MR) is 118 cm³/mol. The quantitative estimate of drug-likeness (QED) is 0.645. The Kier molecular flexibility index (Phi) is 6.87. The maximum absolute atomic E-state index is 14.7. The van der Waals surface area contributed by atoms with Gasteiger partial charge in [0.05, 0.1) is 29.4 Å². The maximum Gasteiger partial charge on any atom is 0.245 e. The molecule has 1 amide bonds. The molecule has 0 bridgehead atoms. The van der Waals surface area contributed by atoms with E-state index < -0.39 is 23.2 Å². The van der Waals surface area contributed by atoms with Gasteiger partial charge >= 0.3 is 0 Å². The summed E-state index contributed by atoms with van der Waals surface area (Å²) >= 11 is 7.24. The number of carbonyl (C=O) groups is 2. The molecule has 0 spiro atoms. The van der Waals surface area contributed by atoms with E-state index in [2.05, 4.69) is 0 Å². The van der Waals surface area contributed by atoms with Gasteiger partial charge in [-0.15, -0.1) is 11.8 Å². The lowest BCUT2D eigenvalue weighted by Gasteiger charge is -2.25. The third-order valence-corrected chi connectivity index (χ3v) is 6.28. The fourth-order valence-electron chi connectivity index (χ4n) is 3.14. The SMILES string of the molecule is CC(C)(O)CCC(=O)c1cc2c(cc1F)SC[C@H](N)C(=O)N2Cc1ccc(Cl)cc1. The number of benzene rings is 2. The van der Waals surface area contributed by atoms with E-state index in [1.807, 2.05) is 0 Å². The summed E-state index contributed by atoms with van der Waals surface area (Å²) in [7, 11) is 0. The van der Waals surface area contributed by atoms with Crippen LogP contribution in [-0.2, 0) is 11.3 Å². The zero-order valence-corrected chi connectivity index (χ0v) is 18.4. The van der Waals surface area contributed by atoms with E-state index in [1.165, 1.54) is 28.8 Å². The number of hydrogen-bond acceptors (Lipinski definition) is 5. The van der Waals surface area contributed by atoms with Gasteiger partial charge in [-0.25, -0.2) is 4.39 Å². The zero-order valence-electron chi connectivity index (χ0n) is 16.8. The minimum atomic E-state index is -1.03. The molecule has 2 aromatic carbocycles. The van der Waals surface area contributed by atoms with Crippen molar-refractivity contribution in [1.82, 2.24) is 0 Å². The first kappa shape index (κ1) is 22.7. The van der Waals surface area contributed by atoms with Gasteiger partial charge < -0.3 is 15.7 Å². The highest BCUT2D eigenvalue weighted by Crippen LogP contribution is 2.37. The molecule has 0 aliphatic carbocycles. The molecule has 0 saturated heterocycles. The lowest BCUT2D eigenvalue weighted by molar-refractivity contribution is -0.119. The van der Waals surface area contributed by atoms with Crippen LogP contribution in [0.25, 0.3) is 0 Å². The van der Waals surface area contributed by atoms with Gasteiger partial charge in [0.2, 0.25) is 5.91 Å². The maximum atomic E-state index is 14.7. The van der Waals surface area contributed by atoms with Crippen LogP contribution in [0.3, 0.4) is 0 Å². The average Bonchev–Trinajstić information content (AvgIpc) is 2.79. The van der Waals surface area contributed by atoms with Crippen LogP contribution in [0.1, 0.15) is 42.6 Å². The molecule has 1 aliphatic rings. The molecule has 160 valence electrons. The van der Waals surface area contributed by atoms with Crippen LogP contribution in [0.15, 0.2) is 41.3 Å². The third kappa shape index (κ3) is 5.40. The fraction of sp³-hybridized carbons (Fsp3) is 0.364. The molecule has 2 aromatic rings. The van der Waals surface area contributed by atoms with Crippen molar-refractivity contribution in [2.75, 3.05) is 10.7 Å². The molecule has 0 radical (unpaired) electrons. The van der Waals surface area contributed by atoms with Gasteiger partial charge in [0.15, 0.2) is 5.78 Å². The number of thioether (sulfide) groups is 1. The first-order chi connectivity index (χ1) is 14.0. The topological polar surface area (TPSA) is 83.6 Å². The number of ketones is 1. The smallest absolute Gasteiger partial charge is 0.245 e. The average molecular weight is 451 g/mol. The number of anilines is 1. The van der Waals surface area contributed by atoms with Crippen LogP contribution in [0.2, 0.25) is 5.02 Å². The van der Waals surface area contributed by atoms with Crippen LogP contribution in [0, 0.1) is 5.82 Å². The Morgan fingerprint density at radius 1 is 1.33 bits per heavy atom. The number of hydrogen-bond donors (Lipinski definition) is 2. The van der Waals surface area contributed by atoms with E-state index in [9.17, 15) is 19.1 Å². The Morgan fingerprint density at radius 2 is 2.00 bits per heavy atom. The standard InChI is InChI=1S/C22H24ClFN2O3S/c1-22(2,29)8-7-19(27)15-9-18-20(10-16(15)24)30-12-17(25)21(28)26(18)11-13-3-5-14(23)6-4-13/h3-6,9-10,17,29H,7-8,11-12,25H2,1-2H3/t17-/m0/s1. The molecule has 0 aromatic heterocycles. The van der Waals surface area contributed by atoms with Crippen molar-refractivity contribution < 1.29 is 19.1 Å². The number of rotatable bonds is 6. The van der Waals surface area contributed by atoms with Gasteiger partial charge in [0.1, 0.15) is 5.82 Å². The number of nitrogens with zero attached hydrogens (tertiary/aromatic N) is 1. The summed E-state index contributed by atoms with van der Waals surface area (Å²) in [4.78, 5) is 27.6. The lowest BCUT2D eigenvalue weighted by atomic mass is 9.97. The summed E-state index contributed by atoms with van der Waals surface area (Å²) in [5.41, 5.74) is 6.20. The second-order valence-electron chi connectivity index (χ2n) is 8.00. The van der Waals surface area contributed by atoms with Crippen LogP contribution in [0.4, 0.5) is 10.1 Å². The highest BCUT2D eigenvalue weighted by atomic mass is 35.5. The van der Waals surface area contributed by atoms with Gasteiger partial charge in [-0.05, 0) is 50.1 Å². The van der Waals surface area contributed by atoms with Crippen molar-refractivity contribution in [3.8, 4) is 0 Å². The van der Waals surface area contributed by atoms with E-state index in [0.29, 0.717) is 21.4 Å². The van der Waals surface area contributed by atoms with Crippen LogP contribution < -0.4 is 10.6 Å². The molecule has 5 nitrogen and oxygen atoms in total. The number of fused-ring (bicyclic) bond motifs is 1. The summed E-state index contributed by atoms with van der Waals surface area (Å²) < 4.78 is 14.7. The molecular weight excluding hydrogens is 427 g/mol. The van der Waals surface area contributed by atoms with Crippen LogP contribution in [-0.4, -0.2) is 34.2 Å². The zero-order chi connectivity index (χ0) is 22.1. The van der Waals surface area contributed by atoms with Crippen molar-refractivity contribution in [1.29, 1.82) is 0 Å². The van der Waals surface area contributed by atoms with Gasteiger partial charge in [-0.2, -0.15) is 0 Å². The van der Waals surface area contributed by atoms with Crippen molar-refractivity contribution in [2.45, 2.75) is 49.8 Å². The summed E-state index contributed by atoms with van der Waals surface area (Å²) in [6, 6.07) is 9.03. The highest BCUT2D eigenvalue weighted by Gasteiger charge is 2.30. The summed E-state index contributed by atoms with van der Waals surface area (Å²) in [5.74, 6) is -1.04. The molecule has 0 saturated carbocycles. The van der Waals surface area contributed by atoms with E-state index in [4.69, 9.17) is 17.3 Å². The van der Waals surface area contributed by atoms with Gasteiger partial charge in [0.25, 0.3) is 0 Å². The molecule has 8 heteroatoms. The lowest BCUT2D eigenvalue weighted by Crippen LogP contribution is -2.44. The van der Waals surface area contributed by atoms with Gasteiger partial charge in [0, 0.05) is 22.1 Å². The predicted octanol–water partition coefficient (Wildman–Crippen LogP) is 4.18. The third-order valence-electron chi connectivity index (χ3n) is 4.86. The van der Waals surface area contributed by atoms with E-state index >= 15 is 0 Å². The number of aliphatic hydroxyl groups is 1. The molecular formula is C22H24ClFN2O3S. The minimum absolute atomic E-state index is 0.00298. The van der Waals surface area contributed by atoms with Crippen molar-refractivity contribution in [2.24, 2.45) is 5.73 Å². The van der Waals surface area contributed by atoms with Crippen LogP contribution >= 0.6 is 23.4 Å². The first-order valence-electron chi connectivity index (χ1n) is 9.58. The molecule has 1 atom stereocenters. The number of amides is 1. The molecule has 30 heavy (non-hydrogen) atoms. The highest BCUT2D eigenvalue weighted by molar-refractivity contribution is 7.99. The Bertz CT molecular complexity index is 960. The molecule has 3 N–H and O–H groups in total. The largest absolute Gasteiger partial charge is 0.390 e. The van der Waals surface area contributed by atoms with Gasteiger partial charge in [-0.3, -0.25) is 9.59 Å². The molecule has 0 fully saturated rings. The Morgan fingerprint density at radius 3 is 2.63 bits per heavy atom. The fourth-order valence-corrected chi connectivity index (χ4v) is 4.27. The first-order valence-corrected chi connectivity index (χ1v) is 10.9. The van der Waals surface area contributed by atoms with E-state index in [-0.39, 0.29) is 30.9 Å². The van der Waals surface area contributed by atoms with Crippen molar-refractivity contribution in [3.63, 3.8) is 0 Å². The number of Topliss-reactive ketones (excluding diaryl/α,β-unsaturated/α-hetero) is 1. The van der Waals surface area contributed by atoms with Crippen LogP contribution in [0.5, 0.6) is 0 Å². The summed E-state index contributed by atoms with van der Waals surface area (Å²) in [6.45, 7) is 3.41. The molecule has 3 rings (SSSR count). The minimum Gasteiger partial charge on any atom is -0.390 e. The van der Waals surface area contributed by atoms with Gasteiger partial charge in [-0.1, -0.05) is 23.7 Å². The number of halogens is 2. The van der Waals surface area contributed by atoms with E-state index in [0.717, 1.165) is 5.56 Å². The number of carbonyl (C=O) groups excluding carboxylic acids is 2. The molecule has 0 unspecified atom stereocenters.